The Morgan fingerprint density at radius 1 is 1.00 bits per heavy atom. The fourth-order valence-electron chi connectivity index (χ4n) is 2.08. The normalized spacial score (nSPS) is 12.4. The molecular weight excluding hydrogens is 278 g/mol. The fourth-order valence-corrected chi connectivity index (χ4v) is 2.48. The molecule has 1 aliphatic heterocycles. The number of para-hydroxylation sites is 1. The first-order valence-electron chi connectivity index (χ1n) is 7.84. The Morgan fingerprint density at radius 3 is 2.33 bits per heavy atom. The molecule has 1 aromatic rings. The van der Waals surface area contributed by atoms with Crippen molar-refractivity contribution in [1.82, 2.24) is 4.72 Å². The van der Waals surface area contributed by atoms with Crippen LogP contribution in [0.5, 0.6) is 5.75 Å². The SMILES string of the molecule is C1=CNSC=C1.CCCCCCCCc1ccccc1O. The summed E-state index contributed by atoms with van der Waals surface area (Å²) in [5.41, 5.74) is 1.09. The van der Waals surface area contributed by atoms with Gasteiger partial charge in [-0.2, -0.15) is 0 Å². The molecular formula is C18H27NOS. The van der Waals surface area contributed by atoms with Crippen LogP contribution < -0.4 is 4.72 Å². The van der Waals surface area contributed by atoms with Crippen molar-refractivity contribution in [3.63, 3.8) is 0 Å². The molecule has 1 aromatic carbocycles. The van der Waals surface area contributed by atoms with Crippen LogP contribution in [0.2, 0.25) is 0 Å². The number of allylic oxidation sites excluding steroid dienone is 2. The second-order valence-electron chi connectivity index (χ2n) is 5.07. The van der Waals surface area contributed by atoms with Crippen LogP contribution in [0.15, 0.2) is 48.0 Å². The standard InChI is InChI=1S/C14H22O.C4H5NS/c1-2-3-4-5-6-7-10-13-11-8-9-12-14(13)15;1-2-4-6-5-3-1/h8-9,11-12,15H,2-7,10H2,1H3;1-5H. The maximum absolute atomic E-state index is 9.55. The van der Waals surface area contributed by atoms with Gasteiger partial charge in [0.2, 0.25) is 0 Å². The van der Waals surface area contributed by atoms with Crippen LogP contribution in [-0.2, 0) is 6.42 Å². The molecule has 21 heavy (non-hydrogen) atoms. The van der Waals surface area contributed by atoms with Crippen molar-refractivity contribution in [2.75, 3.05) is 0 Å². The number of phenols is 1. The highest BCUT2D eigenvalue weighted by Gasteiger charge is 1.98. The molecule has 116 valence electrons. The third kappa shape index (κ3) is 9.24. The zero-order valence-corrected chi connectivity index (χ0v) is 13.7. The Hall–Kier alpha value is -1.35. The second kappa shape index (κ2) is 12.4. The van der Waals surface area contributed by atoms with Crippen molar-refractivity contribution in [3.05, 3.63) is 53.6 Å². The van der Waals surface area contributed by atoms with E-state index in [1.807, 2.05) is 42.0 Å². The van der Waals surface area contributed by atoms with E-state index in [9.17, 15) is 5.11 Å². The predicted molar refractivity (Wildman–Crippen MR) is 94.2 cm³/mol. The summed E-state index contributed by atoms with van der Waals surface area (Å²) < 4.78 is 2.93. The first kappa shape index (κ1) is 17.7. The first-order valence-corrected chi connectivity index (χ1v) is 8.72. The highest BCUT2D eigenvalue weighted by Crippen LogP contribution is 2.18. The molecule has 0 aromatic heterocycles. The topological polar surface area (TPSA) is 32.3 Å². The van der Waals surface area contributed by atoms with E-state index < -0.39 is 0 Å². The van der Waals surface area contributed by atoms with E-state index in [0.717, 1.165) is 12.0 Å². The Labute approximate surface area is 133 Å². The van der Waals surface area contributed by atoms with Gasteiger partial charge in [-0.1, -0.05) is 63.3 Å². The molecule has 0 atom stereocenters. The summed E-state index contributed by atoms with van der Waals surface area (Å²) in [7, 11) is 0. The average Bonchev–Trinajstić information content (AvgIpc) is 2.55. The fraction of sp³-hybridized carbons (Fsp3) is 0.444. The highest BCUT2D eigenvalue weighted by atomic mass is 32.2. The van der Waals surface area contributed by atoms with E-state index in [1.165, 1.54) is 38.5 Å². The molecule has 0 amide bonds. The molecule has 2 rings (SSSR count). The summed E-state index contributed by atoms with van der Waals surface area (Å²) in [6.07, 6.45) is 14.7. The number of nitrogens with one attached hydrogen (secondary N) is 1. The van der Waals surface area contributed by atoms with Gasteiger partial charge in [0.05, 0.1) is 0 Å². The van der Waals surface area contributed by atoms with Crippen molar-refractivity contribution in [2.45, 2.75) is 51.9 Å². The smallest absolute Gasteiger partial charge is 0.118 e. The number of benzene rings is 1. The average molecular weight is 305 g/mol. The Balaban J connectivity index is 0.000000304. The minimum absolute atomic E-state index is 0.450. The molecule has 2 N–H and O–H groups in total. The van der Waals surface area contributed by atoms with E-state index in [-0.39, 0.29) is 0 Å². The van der Waals surface area contributed by atoms with Gasteiger partial charge < -0.3 is 9.83 Å². The zero-order valence-electron chi connectivity index (χ0n) is 12.9. The lowest BCUT2D eigenvalue weighted by Crippen LogP contribution is -1.88. The second-order valence-corrected chi connectivity index (χ2v) is 5.81. The summed E-state index contributed by atoms with van der Waals surface area (Å²) in [5, 5.41) is 11.5. The molecule has 0 fully saturated rings. The minimum Gasteiger partial charge on any atom is -0.508 e. The number of hydrogen-bond donors (Lipinski definition) is 2. The third-order valence-corrected chi connectivity index (χ3v) is 3.85. The first-order chi connectivity index (χ1) is 10.3. The predicted octanol–water partition coefficient (Wildman–Crippen LogP) is 5.56. The van der Waals surface area contributed by atoms with Crippen LogP contribution in [0.4, 0.5) is 0 Å². The van der Waals surface area contributed by atoms with Crippen LogP contribution in [-0.4, -0.2) is 5.11 Å². The highest BCUT2D eigenvalue weighted by molar-refractivity contribution is 8.00. The van der Waals surface area contributed by atoms with Crippen molar-refractivity contribution < 1.29 is 5.11 Å². The maximum atomic E-state index is 9.55. The van der Waals surface area contributed by atoms with Gasteiger partial charge in [0.25, 0.3) is 0 Å². The van der Waals surface area contributed by atoms with Gasteiger partial charge in [0.1, 0.15) is 5.75 Å². The molecule has 0 spiro atoms. The molecule has 3 heteroatoms. The quantitative estimate of drug-likeness (QED) is 0.511. The molecule has 1 heterocycles. The van der Waals surface area contributed by atoms with Crippen molar-refractivity contribution >= 4 is 11.9 Å². The number of rotatable bonds is 7. The van der Waals surface area contributed by atoms with Crippen LogP contribution in [0.3, 0.4) is 0 Å². The lowest BCUT2D eigenvalue weighted by atomic mass is 10.0. The molecule has 0 saturated carbocycles. The lowest BCUT2D eigenvalue weighted by Gasteiger charge is -2.03. The number of unbranched alkanes of at least 4 members (excludes halogenated alkanes) is 5. The van der Waals surface area contributed by atoms with Gasteiger partial charge in [-0.3, -0.25) is 0 Å². The van der Waals surface area contributed by atoms with E-state index in [2.05, 4.69) is 11.6 Å². The largest absolute Gasteiger partial charge is 0.508 e. The van der Waals surface area contributed by atoms with Gasteiger partial charge >= 0.3 is 0 Å². The van der Waals surface area contributed by atoms with Crippen LogP contribution in [0.1, 0.15) is 51.0 Å². The van der Waals surface area contributed by atoms with Gasteiger partial charge in [-0.05, 0) is 47.9 Å². The summed E-state index contributed by atoms with van der Waals surface area (Å²) >= 11 is 1.58. The molecule has 0 unspecified atom stereocenters. The van der Waals surface area contributed by atoms with Crippen LogP contribution >= 0.6 is 11.9 Å². The van der Waals surface area contributed by atoms with Crippen LogP contribution in [0, 0.1) is 0 Å². The molecule has 2 nitrogen and oxygen atoms in total. The van der Waals surface area contributed by atoms with Crippen molar-refractivity contribution in [1.29, 1.82) is 0 Å². The summed E-state index contributed by atoms with van der Waals surface area (Å²) in [6.45, 7) is 2.24. The molecule has 0 radical (unpaired) electrons. The maximum Gasteiger partial charge on any atom is 0.118 e. The lowest BCUT2D eigenvalue weighted by molar-refractivity contribution is 0.466. The monoisotopic (exact) mass is 305 g/mol. The summed E-state index contributed by atoms with van der Waals surface area (Å²) in [6, 6.07) is 7.65. The summed E-state index contributed by atoms with van der Waals surface area (Å²) in [5.74, 6) is 0.450. The Bertz CT molecular complexity index is 417. The van der Waals surface area contributed by atoms with E-state index in [0.29, 0.717) is 5.75 Å². The van der Waals surface area contributed by atoms with Crippen LogP contribution in [0.25, 0.3) is 0 Å². The number of aromatic hydroxyl groups is 1. The minimum atomic E-state index is 0.450. The van der Waals surface area contributed by atoms with E-state index in [4.69, 9.17) is 0 Å². The van der Waals surface area contributed by atoms with Gasteiger partial charge in [0.15, 0.2) is 0 Å². The van der Waals surface area contributed by atoms with Gasteiger partial charge in [-0.15, -0.1) is 0 Å². The number of phenolic OH excluding ortho intramolecular Hbond substituents is 1. The molecule has 0 saturated heterocycles. The Kier molecular flexibility index (Phi) is 10.4. The number of hydrogen-bond acceptors (Lipinski definition) is 3. The van der Waals surface area contributed by atoms with Gasteiger partial charge in [0, 0.05) is 6.20 Å². The number of aryl methyl sites for hydroxylation is 1. The van der Waals surface area contributed by atoms with Crippen molar-refractivity contribution in [2.24, 2.45) is 0 Å². The zero-order chi connectivity index (χ0) is 15.2. The Morgan fingerprint density at radius 2 is 1.76 bits per heavy atom. The van der Waals surface area contributed by atoms with Gasteiger partial charge in [-0.25, -0.2) is 0 Å². The molecule has 0 aliphatic carbocycles. The van der Waals surface area contributed by atoms with E-state index in [1.54, 1.807) is 18.0 Å². The molecule has 0 bridgehead atoms. The summed E-state index contributed by atoms with van der Waals surface area (Å²) in [4.78, 5) is 0. The third-order valence-electron chi connectivity index (χ3n) is 3.28. The van der Waals surface area contributed by atoms with Crippen molar-refractivity contribution in [3.8, 4) is 5.75 Å². The molecule has 1 aliphatic rings. The van der Waals surface area contributed by atoms with E-state index >= 15 is 0 Å².